The third-order valence-electron chi connectivity index (χ3n) is 3.97. The first kappa shape index (κ1) is 19.4. The molecule has 0 bridgehead atoms. The van der Waals surface area contributed by atoms with E-state index >= 15 is 0 Å². The van der Waals surface area contributed by atoms with E-state index in [9.17, 15) is 36.2 Å². The van der Waals surface area contributed by atoms with Crippen LogP contribution < -0.4 is 4.90 Å². The van der Waals surface area contributed by atoms with E-state index in [-0.39, 0.29) is 10.6 Å². The zero-order valence-electron chi connectivity index (χ0n) is 13.1. The normalized spacial score (nSPS) is 17.2. The summed E-state index contributed by atoms with van der Waals surface area (Å²) in [5, 5.41) is 9.53. The minimum absolute atomic E-state index is 0.151. The van der Waals surface area contributed by atoms with Crippen LogP contribution in [0, 0.1) is 5.82 Å². The van der Waals surface area contributed by atoms with E-state index in [2.05, 4.69) is 4.98 Å². The van der Waals surface area contributed by atoms with Gasteiger partial charge in [-0.25, -0.2) is 4.39 Å². The van der Waals surface area contributed by atoms with E-state index < -0.39 is 53.3 Å². The van der Waals surface area contributed by atoms with Crippen LogP contribution in [0.3, 0.4) is 0 Å². The molecule has 1 aliphatic heterocycles. The van der Waals surface area contributed by atoms with Gasteiger partial charge in [0.25, 0.3) is 0 Å². The number of fused-ring (bicyclic) bond motifs is 1. The van der Waals surface area contributed by atoms with E-state index in [0.29, 0.717) is 11.0 Å². The SMILES string of the molecule is O=C1N(Cc2cncc(Cl)c2)c2ccc(F)c(C(O)C(F)(F)F)c2C1(F)F. The molecule has 1 unspecified atom stereocenters. The Bertz CT molecular complexity index is 918. The lowest BCUT2D eigenvalue weighted by Crippen LogP contribution is -2.34. The molecular weight excluding hydrogens is 402 g/mol. The predicted octanol–water partition coefficient (Wildman–Crippen LogP) is 4.11. The molecule has 0 aliphatic carbocycles. The fraction of sp³-hybridized carbons (Fsp3) is 0.250. The Kier molecular flexibility index (Phi) is 4.59. The second kappa shape index (κ2) is 6.38. The van der Waals surface area contributed by atoms with E-state index in [1.165, 1.54) is 18.5 Å². The quantitative estimate of drug-likeness (QED) is 0.775. The average Bonchev–Trinajstić information content (AvgIpc) is 2.75. The fourth-order valence-electron chi connectivity index (χ4n) is 2.84. The fourth-order valence-corrected chi connectivity index (χ4v) is 3.03. The van der Waals surface area contributed by atoms with Crippen molar-refractivity contribution < 1.29 is 36.2 Å². The summed E-state index contributed by atoms with van der Waals surface area (Å²) in [7, 11) is 0. The summed E-state index contributed by atoms with van der Waals surface area (Å²) in [6.07, 6.45) is -6.44. The first-order valence-corrected chi connectivity index (χ1v) is 7.69. The van der Waals surface area contributed by atoms with Gasteiger partial charge in [-0.2, -0.15) is 22.0 Å². The van der Waals surface area contributed by atoms with Crippen LogP contribution in [0.1, 0.15) is 22.8 Å². The van der Waals surface area contributed by atoms with Crippen molar-refractivity contribution in [1.82, 2.24) is 4.98 Å². The molecule has 0 spiro atoms. The van der Waals surface area contributed by atoms with Crippen LogP contribution in [0.25, 0.3) is 0 Å². The summed E-state index contributed by atoms with van der Waals surface area (Å²) < 4.78 is 81.4. The molecular formula is C16H9ClF6N2O2. The highest BCUT2D eigenvalue weighted by Crippen LogP contribution is 2.50. The molecule has 0 radical (unpaired) electrons. The number of halogens is 7. The second-order valence-corrected chi connectivity index (χ2v) is 6.21. The van der Waals surface area contributed by atoms with Gasteiger partial charge in [0, 0.05) is 18.0 Å². The standard InChI is InChI=1S/C16H9ClF6N2O2/c17-8-3-7(4-24-5-8)6-25-10-2-1-9(18)11(13(26)16(21,22)23)12(10)15(19,20)14(25)27/h1-5,13,26H,6H2. The van der Waals surface area contributed by atoms with E-state index in [0.717, 1.165) is 6.07 Å². The number of carbonyl (C=O) groups is 1. The Balaban J connectivity index is 2.16. The van der Waals surface area contributed by atoms with Crippen LogP contribution in [-0.4, -0.2) is 22.2 Å². The Labute approximate surface area is 153 Å². The molecule has 0 fully saturated rings. The Morgan fingerprint density at radius 1 is 1.26 bits per heavy atom. The topological polar surface area (TPSA) is 53.4 Å². The van der Waals surface area contributed by atoms with Crippen molar-refractivity contribution in [3.05, 3.63) is 58.1 Å². The summed E-state index contributed by atoms with van der Waals surface area (Å²) in [5.74, 6) is -8.00. The molecule has 27 heavy (non-hydrogen) atoms. The summed E-state index contributed by atoms with van der Waals surface area (Å²) in [6, 6.07) is 2.57. The van der Waals surface area contributed by atoms with Gasteiger partial charge in [-0.3, -0.25) is 9.78 Å². The lowest BCUT2D eigenvalue weighted by molar-refractivity contribution is -0.208. The number of benzene rings is 1. The van der Waals surface area contributed by atoms with Crippen LogP contribution in [0.4, 0.5) is 32.0 Å². The highest BCUT2D eigenvalue weighted by atomic mass is 35.5. The van der Waals surface area contributed by atoms with Crippen molar-refractivity contribution in [2.75, 3.05) is 4.90 Å². The number of hydrogen-bond acceptors (Lipinski definition) is 3. The van der Waals surface area contributed by atoms with Crippen LogP contribution in [0.15, 0.2) is 30.6 Å². The number of carbonyl (C=O) groups excluding carboxylic acids is 1. The van der Waals surface area contributed by atoms with Crippen molar-refractivity contribution in [3.8, 4) is 0 Å². The van der Waals surface area contributed by atoms with Crippen LogP contribution >= 0.6 is 11.6 Å². The maximum atomic E-state index is 14.5. The third-order valence-corrected chi connectivity index (χ3v) is 4.18. The van der Waals surface area contributed by atoms with Gasteiger partial charge >= 0.3 is 18.0 Å². The van der Waals surface area contributed by atoms with Crippen molar-refractivity contribution >= 4 is 23.2 Å². The Hall–Kier alpha value is -2.33. The van der Waals surface area contributed by atoms with Crippen LogP contribution in [0.2, 0.25) is 5.02 Å². The van der Waals surface area contributed by atoms with Gasteiger partial charge in [-0.15, -0.1) is 0 Å². The monoisotopic (exact) mass is 410 g/mol. The van der Waals surface area contributed by atoms with Gasteiger partial charge in [0.15, 0.2) is 6.10 Å². The number of nitrogens with zero attached hydrogens (tertiary/aromatic N) is 2. The molecule has 4 nitrogen and oxygen atoms in total. The van der Waals surface area contributed by atoms with Gasteiger partial charge in [0.05, 0.1) is 22.8 Å². The molecule has 1 N–H and O–H groups in total. The molecule has 0 saturated carbocycles. The molecule has 1 amide bonds. The zero-order valence-corrected chi connectivity index (χ0v) is 13.8. The lowest BCUT2D eigenvalue weighted by atomic mass is 9.96. The summed E-state index contributed by atoms with van der Waals surface area (Å²) >= 11 is 5.74. The average molecular weight is 411 g/mol. The smallest absolute Gasteiger partial charge is 0.379 e. The van der Waals surface area contributed by atoms with Crippen molar-refractivity contribution in [2.24, 2.45) is 0 Å². The molecule has 3 rings (SSSR count). The van der Waals surface area contributed by atoms with Gasteiger partial charge < -0.3 is 10.0 Å². The molecule has 1 aromatic heterocycles. The summed E-state index contributed by atoms with van der Waals surface area (Å²) in [5.41, 5.74) is -3.59. The molecule has 0 saturated heterocycles. The minimum atomic E-state index is -5.40. The van der Waals surface area contributed by atoms with Crippen LogP contribution in [0.5, 0.6) is 0 Å². The molecule has 11 heteroatoms. The maximum absolute atomic E-state index is 14.5. The predicted molar refractivity (Wildman–Crippen MR) is 81.7 cm³/mol. The lowest BCUT2D eigenvalue weighted by Gasteiger charge is -2.20. The summed E-state index contributed by atoms with van der Waals surface area (Å²) in [4.78, 5) is 16.4. The van der Waals surface area contributed by atoms with E-state index in [4.69, 9.17) is 11.6 Å². The highest BCUT2D eigenvalue weighted by Gasteiger charge is 2.57. The number of aliphatic hydroxyl groups is 1. The second-order valence-electron chi connectivity index (χ2n) is 5.78. The number of alkyl halides is 5. The van der Waals surface area contributed by atoms with Gasteiger partial charge in [0.1, 0.15) is 5.82 Å². The number of amides is 1. The first-order chi connectivity index (χ1) is 12.4. The Morgan fingerprint density at radius 2 is 1.93 bits per heavy atom. The number of pyridine rings is 1. The number of anilines is 1. The van der Waals surface area contributed by atoms with Gasteiger partial charge in [-0.05, 0) is 23.8 Å². The summed E-state index contributed by atoms with van der Waals surface area (Å²) in [6.45, 7) is -0.484. The minimum Gasteiger partial charge on any atom is -0.379 e. The number of aliphatic hydroxyl groups excluding tert-OH is 1. The Morgan fingerprint density at radius 3 is 2.52 bits per heavy atom. The molecule has 2 aromatic rings. The first-order valence-electron chi connectivity index (χ1n) is 7.31. The zero-order chi connectivity index (χ0) is 20.1. The molecule has 2 heterocycles. The van der Waals surface area contributed by atoms with Crippen LogP contribution in [-0.2, 0) is 17.3 Å². The van der Waals surface area contributed by atoms with Crippen molar-refractivity contribution in [2.45, 2.75) is 24.7 Å². The molecule has 1 aliphatic rings. The highest BCUT2D eigenvalue weighted by molar-refractivity contribution is 6.30. The number of hydrogen-bond donors (Lipinski definition) is 1. The number of rotatable bonds is 3. The maximum Gasteiger partial charge on any atom is 0.418 e. The third kappa shape index (κ3) is 3.23. The van der Waals surface area contributed by atoms with Gasteiger partial charge in [0.2, 0.25) is 0 Å². The largest absolute Gasteiger partial charge is 0.418 e. The molecule has 144 valence electrons. The number of aromatic nitrogens is 1. The molecule has 1 atom stereocenters. The van der Waals surface area contributed by atoms with Gasteiger partial charge in [-0.1, -0.05) is 11.6 Å². The molecule has 1 aromatic carbocycles. The van der Waals surface area contributed by atoms with Crippen molar-refractivity contribution in [1.29, 1.82) is 0 Å². The van der Waals surface area contributed by atoms with E-state index in [1.807, 2.05) is 0 Å². The van der Waals surface area contributed by atoms with Crippen molar-refractivity contribution in [3.63, 3.8) is 0 Å². The van der Waals surface area contributed by atoms with E-state index in [1.54, 1.807) is 0 Å².